The number of aromatic nitrogens is 3. The molecular weight excluding hydrogens is 629 g/mol. The highest BCUT2D eigenvalue weighted by Gasteiger charge is 2.56. The number of allylic oxidation sites excluding steroid dienone is 5. The van der Waals surface area contributed by atoms with E-state index in [0.29, 0.717) is 41.9 Å². The van der Waals surface area contributed by atoms with Crippen molar-refractivity contribution in [2.75, 3.05) is 18.6 Å². The van der Waals surface area contributed by atoms with Gasteiger partial charge in [0.25, 0.3) is 5.92 Å². The number of pyridine rings is 1. The molecule has 1 saturated carbocycles. The van der Waals surface area contributed by atoms with Gasteiger partial charge in [0.2, 0.25) is 10.0 Å². The van der Waals surface area contributed by atoms with Crippen molar-refractivity contribution in [2.45, 2.75) is 69.4 Å². The molecule has 246 valence electrons. The van der Waals surface area contributed by atoms with Crippen LogP contribution < -0.4 is 10.4 Å². The number of halogens is 3. The molecule has 0 amide bonds. The normalized spacial score (nSPS) is 23.3. The zero-order valence-electron chi connectivity index (χ0n) is 26.3. The predicted octanol–water partition coefficient (Wildman–Crippen LogP) is 5.90. The second kappa shape index (κ2) is 11.3. The number of nitrogens with one attached hydrogen (secondary N) is 1. The highest BCUT2D eigenvalue weighted by Crippen LogP contribution is 2.60. The minimum Gasteiger partial charge on any atom is -0.291 e. The van der Waals surface area contributed by atoms with E-state index in [-0.39, 0.29) is 47.5 Å². The Hall–Kier alpha value is -4.07. The van der Waals surface area contributed by atoms with Crippen molar-refractivity contribution in [1.29, 1.82) is 0 Å². The summed E-state index contributed by atoms with van der Waals surface area (Å²) in [6.07, 6.45) is 7.15. The van der Waals surface area contributed by atoms with Gasteiger partial charge in [0.05, 0.1) is 23.0 Å². The van der Waals surface area contributed by atoms with E-state index in [1.165, 1.54) is 47.2 Å². The number of benzene rings is 1. The van der Waals surface area contributed by atoms with Crippen LogP contribution in [0, 0.1) is 11.2 Å². The van der Waals surface area contributed by atoms with Gasteiger partial charge in [-0.15, -0.1) is 0 Å². The molecule has 47 heavy (non-hydrogen) atoms. The fraction of sp³-hybridized carbons (Fsp3) is 0.382. The largest absolute Gasteiger partial charge is 0.295 e. The van der Waals surface area contributed by atoms with E-state index in [2.05, 4.69) is 15.5 Å². The molecule has 1 N–H and O–H groups in total. The third-order valence-electron chi connectivity index (χ3n) is 9.98. The summed E-state index contributed by atoms with van der Waals surface area (Å²) < 4.78 is 76.7. The van der Waals surface area contributed by atoms with Crippen molar-refractivity contribution in [2.24, 2.45) is 5.41 Å². The molecule has 3 aromatic rings. The molecule has 4 bridgehead atoms. The van der Waals surface area contributed by atoms with E-state index in [9.17, 15) is 17.6 Å². The summed E-state index contributed by atoms with van der Waals surface area (Å²) in [6, 6.07) is 7.73. The van der Waals surface area contributed by atoms with Gasteiger partial charge in [0.1, 0.15) is 16.4 Å². The summed E-state index contributed by atoms with van der Waals surface area (Å²) in [5.41, 5.74) is 4.56. The van der Waals surface area contributed by atoms with Crippen LogP contribution in [-0.2, 0) is 22.5 Å². The highest BCUT2D eigenvalue weighted by molar-refractivity contribution is 7.89. The maximum absolute atomic E-state index is 15.9. The van der Waals surface area contributed by atoms with Crippen LogP contribution in [0.1, 0.15) is 62.0 Å². The van der Waals surface area contributed by atoms with Crippen LogP contribution in [0.4, 0.5) is 18.9 Å². The lowest BCUT2D eigenvalue weighted by atomic mass is 9.59. The summed E-state index contributed by atoms with van der Waals surface area (Å²) in [5.74, 6) is -4.12. The highest BCUT2D eigenvalue weighted by atomic mass is 32.2. The van der Waals surface area contributed by atoms with Gasteiger partial charge in [0, 0.05) is 56.1 Å². The van der Waals surface area contributed by atoms with E-state index < -0.39 is 39.0 Å². The zero-order chi connectivity index (χ0) is 33.3. The number of hydrogen-bond donors (Lipinski definition) is 1. The number of aryl methyl sites for hydroxylation is 1. The SMILES string of the molecule is CCN([C@H]1CCC2=CC(N(NC)c3ccc(F)cc3)=C3C[C@@]2(C1)C(=O)c1cc(ccn1)C(F)(F)C1=C3C1)S(=O)(=O)c1cnn(CC)c1. The number of alkyl halides is 2. The number of nitrogens with zero attached hydrogens (tertiary/aromatic N) is 5. The number of fused-ring (bicyclic) bond motifs is 4. The molecule has 4 aliphatic carbocycles. The first kappa shape index (κ1) is 31.5. The maximum Gasteiger partial charge on any atom is 0.295 e. The van der Waals surface area contributed by atoms with Gasteiger partial charge in [0.15, 0.2) is 5.78 Å². The number of hydrogen-bond acceptors (Lipinski definition) is 7. The summed E-state index contributed by atoms with van der Waals surface area (Å²) >= 11 is 0. The molecule has 0 saturated heterocycles. The van der Waals surface area contributed by atoms with Gasteiger partial charge in [-0.25, -0.2) is 18.2 Å². The minimum absolute atomic E-state index is 0.0169. The molecule has 0 radical (unpaired) electrons. The molecule has 9 nitrogen and oxygen atoms in total. The third-order valence-corrected chi connectivity index (χ3v) is 12.0. The standard InChI is InChI=1S/C34H35F3N6O3S/c1-4-41-20-26(19-40-41)47(45,46)42(5-2)25-9-6-21-15-31(43(38-3)24-10-7-23(35)8-11-24)28-18-33(21,17-25)32(44)30-14-22(12-13-39-30)34(36,37)29-16-27(28)29/h7-8,10-15,19-20,25,38H,4-6,9,16-18H2,1-3H3/t25-,33+/m0/s1. The number of Topliss-reactive ketones (excluding diaryl/α,β-unsaturated/α-hetero) is 1. The molecule has 2 atom stereocenters. The van der Waals surface area contributed by atoms with Crippen LogP contribution in [0.3, 0.4) is 0 Å². The van der Waals surface area contributed by atoms with E-state index >= 15 is 8.78 Å². The second-order valence-corrected chi connectivity index (χ2v) is 14.3. The van der Waals surface area contributed by atoms with Gasteiger partial charge in [-0.2, -0.15) is 18.2 Å². The lowest BCUT2D eigenvalue weighted by Crippen LogP contribution is -2.50. The van der Waals surface area contributed by atoms with Crippen molar-refractivity contribution >= 4 is 21.5 Å². The van der Waals surface area contributed by atoms with Crippen molar-refractivity contribution in [3.63, 3.8) is 0 Å². The third kappa shape index (κ3) is 4.97. The fourth-order valence-corrected chi connectivity index (χ4v) is 9.16. The molecule has 0 unspecified atom stereocenters. The second-order valence-electron chi connectivity index (χ2n) is 12.4. The number of hydrazine groups is 1. The first-order valence-electron chi connectivity index (χ1n) is 15.8. The monoisotopic (exact) mass is 664 g/mol. The number of anilines is 1. The van der Waals surface area contributed by atoms with Crippen LogP contribution in [0.15, 0.2) is 93.9 Å². The lowest BCUT2D eigenvalue weighted by molar-refractivity contribution is 0.0423. The van der Waals surface area contributed by atoms with Gasteiger partial charge in [-0.1, -0.05) is 12.5 Å². The van der Waals surface area contributed by atoms with E-state index in [4.69, 9.17) is 0 Å². The Morgan fingerprint density at radius 1 is 1.13 bits per heavy atom. The molecule has 13 heteroatoms. The molecule has 2 aromatic heterocycles. The Bertz CT molecular complexity index is 1980. The summed E-state index contributed by atoms with van der Waals surface area (Å²) in [7, 11) is -2.27. The molecule has 0 aliphatic heterocycles. The smallest absolute Gasteiger partial charge is 0.291 e. The maximum atomic E-state index is 15.9. The summed E-state index contributed by atoms with van der Waals surface area (Å²) in [4.78, 5) is 19.1. The number of ketones is 1. The first-order chi connectivity index (χ1) is 22.4. The Morgan fingerprint density at radius 2 is 1.89 bits per heavy atom. The first-order valence-corrected chi connectivity index (χ1v) is 17.2. The van der Waals surface area contributed by atoms with Gasteiger partial charge in [-0.05, 0) is 86.2 Å². The topological polar surface area (TPSA) is 100 Å². The lowest BCUT2D eigenvalue weighted by Gasteiger charge is -2.48. The van der Waals surface area contributed by atoms with Crippen LogP contribution >= 0.6 is 0 Å². The molecule has 1 fully saturated rings. The Labute approximate surface area is 271 Å². The molecule has 1 aromatic carbocycles. The molecule has 7 rings (SSSR count). The van der Waals surface area contributed by atoms with Crippen molar-refractivity contribution < 1.29 is 26.4 Å². The van der Waals surface area contributed by atoms with Gasteiger partial charge in [-0.3, -0.25) is 19.5 Å². The Kier molecular flexibility index (Phi) is 7.56. The van der Waals surface area contributed by atoms with Crippen molar-refractivity contribution in [3.8, 4) is 0 Å². The number of rotatable bonds is 8. The molecular formula is C34H35F3N6O3S. The van der Waals surface area contributed by atoms with Gasteiger partial charge < -0.3 is 0 Å². The average molecular weight is 665 g/mol. The predicted molar refractivity (Wildman–Crippen MR) is 169 cm³/mol. The number of carbonyl (C=O) groups excluding carboxylic acids is 1. The van der Waals surface area contributed by atoms with Crippen LogP contribution in [0.25, 0.3) is 0 Å². The van der Waals surface area contributed by atoms with E-state index in [1.807, 2.05) is 13.0 Å². The molecule has 1 spiro atoms. The average Bonchev–Trinajstić information content (AvgIpc) is 3.73. The molecule has 4 aliphatic rings. The minimum atomic E-state index is -3.96. The quantitative estimate of drug-likeness (QED) is 0.300. The van der Waals surface area contributed by atoms with E-state index in [0.717, 1.165) is 5.57 Å². The zero-order valence-corrected chi connectivity index (χ0v) is 27.1. The summed E-state index contributed by atoms with van der Waals surface area (Å²) in [5, 5.41) is 5.89. The Morgan fingerprint density at radius 3 is 2.57 bits per heavy atom. The van der Waals surface area contributed by atoms with Crippen LogP contribution in [0.2, 0.25) is 0 Å². The Balaban J connectivity index is 1.39. The van der Waals surface area contributed by atoms with Crippen molar-refractivity contribution in [1.82, 2.24) is 24.5 Å². The number of carbonyl (C=O) groups is 1. The van der Waals surface area contributed by atoms with Crippen LogP contribution in [-0.4, -0.2) is 52.9 Å². The fourth-order valence-electron chi connectivity index (χ4n) is 7.54. The number of sulfonamides is 1. The van der Waals surface area contributed by atoms with Crippen LogP contribution in [0.5, 0.6) is 0 Å². The molecule has 2 heterocycles. The van der Waals surface area contributed by atoms with E-state index in [1.54, 1.807) is 35.8 Å². The van der Waals surface area contributed by atoms with Crippen molar-refractivity contribution in [3.05, 3.63) is 106 Å². The van der Waals surface area contributed by atoms with Gasteiger partial charge >= 0.3 is 0 Å². The summed E-state index contributed by atoms with van der Waals surface area (Å²) in [6.45, 7) is 4.33.